The Kier molecular flexibility index (Phi) is 3.58. The lowest BCUT2D eigenvalue weighted by molar-refractivity contribution is -0.167. The molecule has 1 N–H and O–H groups in total. The molecule has 0 fully saturated rings. The van der Waals surface area contributed by atoms with Gasteiger partial charge in [-0.1, -0.05) is 60.1 Å². The number of anilines is 1. The van der Waals surface area contributed by atoms with E-state index in [1.54, 1.807) is 11.9 Å². The van der Waals surface area contributed by atoms with Crippen molar-refractivity contribution in [2.24, 2.45) is 0 Å². The van der Waals surface area contributed by atoms with Crippen LogP contribution in [-0.4, -0.2) is 18.0 Å². The third-order valence-corrected chi connectivity index (χ3v) is 6.31. The van der Waals surface area contributed by atoms with Crippen molar-refractivity contribution in [3.05, 3.63) is 101 Å². The van der Waals surface area contributed by atoms with Gasteiger partial charge in [0.1, 0.15) is 5.75 Å². The summed E-state index contributed by atoms with van der Waals surface area (Å²) in [5, 5.41) is 2.62. The zero-order valence-corrected chi connectivity index (χ0v) is 16.9. The van der Waals surface area contributed by atoms with E-state index in [0.717, 1.165) is 28.1 Å². The molecule has 0 bridgehead atoms. The number of amides is 1. The van der Waals surface area contributed by atoms with Crippen molar-refractivity contribution in [1.29, 1.82) is 0 Å². The van der Waals surface area contributed by atoms with Gasteiger partial charge in [-0.3, -0.25) is 4.79 Å². The first-order valence-electron chi connectivity index (χ1n) is 9.79. The molecule has 0 aliphatic carbocycles. The molecule has 148 valence electrons. The van der Waals surface area contributed by atoms with Crippen molar-refractivity contribution < 1.29 is 9.53 Å². The molecule has 0 saturated heterocycles. The van der Waals surface area contributed by atoms with Crippen molar-refractivity contribution >= 4 is 28.9 Å². The molecule has 3 aromatic carbocycles. The molecule has 5 nitrogen and oxygen atoms in total. The number of para-hydroxylation sites is 2. The summed E-state index contributed by atoms with van der Waals surface area (Å²) in [6.45, 7) is 0. The van der Waals surface area contributed by atoms with Crippen molar-refractivity contribution in [2.75, 3.05) is 11.9 Å². The topological polar surface area (TPSA) is 44.8 Å². The summed E-state index contributed by atoms with van der Waals surface area (Å²) >= 11 is 6.08. The normalized spacial score (nSPS) is 24.1. The minimum Gasteiger partial charge on any atom is -0.457 e. The van der Waals surface area contributed by atoms with E-state index < -0.39 is 5.72 Å². The largest absolute Gasteiger partial charge is 0.457 e. The molecule has 6 heteroatoms. The highest BCUT2D eigenvalue weighted by atomic mass is 35.5. The fourth-order valence-electron chi connectivity index (χ4n) is 4.62. The molecule has 0 radical (unpaired) electrons. The number of rotatable bonds is 1. The molecule has 2 atom stereocenters. The molecule has 3 aromatic rings. The number of carbonyl (C=O) groups excluding carboxylic acids is 1. The number of ether oxygens (including phenoxy) is 1. The van der Waals surface area contributed by atoms with E-state index >= 15 is 0 Å². The Morgan fingerprint density at radius 2 is 1.73 bits per heavy atom. The lowest BCUT2D eigenvalue weighted by Gasteiger charge is -2.45. The summed E-state index contributed by atoms with van der Waals surface area (Å²) in [6.07, 6.45) is 2.14. The standard InChI is InChI=1S/C24H18ClN3O2/c1-27-20-8-4-3-7-18(20)24(23(27)29)28-21(17-6-2-5-9-22(17)30-24)14-19(26-28)15-10-12-16(25)13-11-15/h2-14,21,26H,1H3/t21-,24-/m0/s1. The van der Waals surface area contributed by atoms with Gasteiger partial charge in [0.25, 0.3) is 11.6 Å². The van der Waals surface area contributed by atoms with E-state index in [1.165, 1.54) is 0 Å². The van der Waals surface area contributed by atoms with Crippen LogP contribution in [0.25, 0.3) is 5.70 Å². The highest BCUT2D eigenvalue weighted by molar-refractivity contribution is 6.30. The van der Waals surface area contributed by atoms with E-state index in [4.69, 9.17) is 16.3 Å². The second-order valence-corrected chi connectivity index (χ2v) is 8.12. The highest BCUT2D eigenvalue weighted by Crippen LogP contribution is 2.53. The molecule has 1 spiro atoms. The maximum absolute atomic E-state index is 13.7. The van der Waals surface area contributed by atoms with Gasteiger partial charge in [0, 0.05) is 23.2 Å². The van der Waals surface area contributed by atoms with Crippen molar-refractivity contribution in [3.8, 4) is 5.75 Å². The molecule has 1 amide bonds. The fourth-order valence-corrected chi connectivity index (χ4v) is 4.75. The van der Waals surface area contributed by atoms with Crippen LogP contribution in [-0.2, 0) is 10.5 Å². The van der Waals surface area contributed by atoms with Crippen LogP contribution < -0.4 is 15.1 Å². The number of hydrogen-bond donors (Lipinski definition) is 1. The number of nitrogens with zero attached hydrogens (tertiary/aromatic N) is 2. The molecule has 3 aliphatic heterocycles. The number of carbonyl (C=O) groups is 1. The Hall–Kier alpha value is -3.28. The Bertz CT molecular complexity index is 1220. The van der Waals surface area contributed by atoms with Crippen molar-refractivity contribution in [1.82, 2.24) is 10.4 Å². The van der Waals surface area contributed by atoms with E-state index in [-0.39, 0.29) is 11.9 Å². The van der Waals surface area contributed by atoms with Crippen LogP contribution in [0.1, 0.15) is 22.7 Å². The molecular formula is C24H18ClN3O2. The van der Waals surface area contributed by atoms with Crippen LogP contribution >= 0.6 is 11.6 Å². The van der Waals surface area contributed by atoms with E-state index in [9.17, 15) is 4.79 Å². The summed E-state index contributed by atoms with van der Waals surface area (Å²) in [7, 11) is 1.79. The molecule has 3 aliphatic rings. The van der Waals surface area contributed by atoms with Gasteiger partial charge >= 0.3 is 0 Å². The first-order valence-corrected chi connectivity index (χ1v) is 10.2. The highest BCUT2D eigenvalue weighted by Gasteiger charge is 2.62. The zero-order chi connectivity index (χ0) is 20.5. The van der Waals surface area contributed by atoms with Gasteiger partial charge in [0.05, 0.1) is 17.4 Å². The second-order valence-electron chi connectivity index (χ2n) is 7.68. The second kappa shape index (κ2) is 6.11. The van der Waals surface area contributed by atoms with Crippen LogP contribution in [0.4, 0.5) is 5.69 Å². The van der Waals surface area contributed by atoms with E-state index in [2.05, 4.69) is 11.5 Å². The maximum Gasteiger partial charge on any atom is 0.293 e. The molecule has 30 heavy (non-hydrogen) atoms. The average Bonchev–Trinajstić information content (AvgIpc) is 3.31. The minimum atomic E-state index is -1.28. The van der Waals surface area contributed by atoms with Crippen molar-refractivity contribution in [3.63, 3.8) is 0 Å². The van der Waals surface area contributed by atoms with Crippen LogP contribution in [0.15, 0.2) is 78.9 Å². The molecule has 3 heterocycles. The number of nitrogens with one attached hydrogen (secondary N) is 1. The van der Waals surface area contributed by atoms with Crippen molar-refractivity contribution in [2.45, 2.75) is 11.8 Å². The van der Waals surface area contributed by atoms with E-state index in [1.807, 2.05) is 77.8 Å². The minimum absolute atomic E-state index is 0.124. The average molecular weight is 416 g/mol. The predicted octanol–water partition coefficient (Wildman–Crippen LogP) is 4.46. The smallest absolute Gasteiger partial charge is 0.293 e. The quantitative estimate of drug-likeness (QED) is 0.637. The molecule has 0 aromatic heterocycles. The summed E-state index contributed by atoms with van der Waals surface area (Å²) in [6, 6.07) is 23.2. The monoisotopic (exact) mass is 415 g/mol. The van der Waals surface area contributed by atoms with Crippen LogP contribution in [0.2, 0.25) is 5.02 Å². The molecule has 0 saturated carbocycles. The number of fused-ring (bicyclic) bond motifs is 6. The number of benzene rings is 3. The Balaban J connectivity index is 1.56. The van der Waals surface area contributed by atoms with Crippen LogP contribution in [0, 0.1) is 0 Å². The van der Waals surface area contributed by atoms with Gasteiger partial charge in [0.2, 0.25) is 0 Å². The molecular weight excluding hydrogens is 398 g/mol. The van der Waals surface area contributed by atoms with Gasteiger partial charge in [-0.25, -0.2) is 0 Å². The summed E-state index contributed by atoms with van der Waals surface area (Å²) in [4.78, 5) is 15.3. The number of likely N-dealkylation sites (N-methyl/N-ethyl adjacent to an activating group) is 1. The third-order valence-electron chi connectivity index (χ3n) is 6.06. The number of hydrazine groups is 1. The lowest BCUT2D eigenvalue weighted by atomic mass is 9.95. The number of halogens is 1. The molecule has 0 unspecified atom stereocenters. The maximum atomic E-state index is 13.7. The number of hydrogen-bond acceptors (Lipinski definition) is 4. The van der Waals surface area contributed by atoms with Crippen LogP contribution in [0.5, 0.6) is 5.75 Å². The Labute approximate surface area is 179 Å². The van der Waals surface area contributed by atoms with Gasteiger partial charge in [-0.2, -0.15) is 5.01 Å². The van der Waals surface area contributed by atoms with Crippen LogP contribution in [0.3, 0.4) is 0 Å². The van der Waals surface area contributed by atoms with Gasteiger partial charge in [0.15, 0.2) is 0 Å². The Morgan fingerprint density at radius 1 is 1.00 bits per heavy atom. The predicted molar refractivity (Wildman–Crippen MR) is 116 cm³/mol. The summed E-state index contributed by atoms with van der Waals surface area (Å²) in [5.41, 5.74) is 6.79. The summed E-state index contributed by atoms with van der Waals surface area (Å²) < 4.78 is 6.52. The third kappa shape index (κ3) is 2.19. The zero-order valence-electron chi connectivity index (χ0n) is 16.2. The van der Waals surface area contributed by atoms with E-state index in [0.29, 0.717) is 10.8 Å². The SMILES string of the molecule is CN1C(=O)[C@@]2(Oc3ccccc3[C@@H]3C=C(c4ccc(Cl)cc4)NN32)c2ccccc21. The molecule has 6 rings (SSSR count). The lowest BCUT2D eigenvalue weighted by Crippen LogP contribution is -2.61. The first kappa shape index (κ1) is 17.6. The van der Waals surface area contributed by atoms with Gasteiger partial charge < -0.3 is 15.1 Å². The first-order chi connectivity index (χ1) is 14.6. The fraction of sp³-hybridized carbons (Fsp3) is 0.125. The summed E-state index contributed by atoms with van der Waals surface area (Å²) in [5.74, 6) is 0.592. The Morgan fingerprint density at radius 3 is 2.57 bits per heavy atom. The van der Waals surface area contributed by atoms with Gasteiger partial charge in [-0.15, -0.1) is 0 Å². The van der Waals surface area contributed by atoms with Gasteiger partial charge in [-0.05, 0) is 35.9 Å².